The number of amides is 1. The summed E-state index contributed by atoms with van der Waals surface area (Å²) in [4.78, 5) is 17.4. The first-order valence-corrected chi connectivity index (χ1v) is 10.9. The summed E-state index contributed by atoms with van der Waals surface area (Å²) in [5.41, 5.74) is 2.93. The molecular formula is C23H30ClN3O2. The van der Waals surface area contributed by atoms with E-state index >= 15 is 0 Å². The molecule has 6 heteroatoms. The fourth-order valence-electron chi connectivity index (χ4n) is 4.44. The van der Waals surface area contributed by atoms with Gasteiger partial charge in [-0.2, -0.15) is 0 Å². The first-order valence-electron chi connectivity index (χ1n) is 10.6. The molecule has 0 spiro atoms. The third-order valence-electron chi connectivity index (χ3n) is 6.48. The van der Waals surface area contributed by atoms with E-state index in [0.717, 1.165) is 60.8 Å². The van der Waals surface area contributed by atoms with E-state index in [1.54, 1.807) is 0 Å². The molecule has 2 aliphatic rings. The molecule has 0 saturated carbocycles. The van der Waals surface area contributed by atoms with Crippen LogP contribution in [-0.4, -0.2) is 47.0 Å². The standard InChI is InChI=1S/C23H30ClN3O2/c1-23(2,3)17-8-9-20-18(14-17)21(25-29-20)22(28)27-12-10-26(11-13-27)15-16-6-4-5-7-19(16)24/h4-7,17H,8-15H2,1-3H3. The molecule has 0 radical (unpaired) electrons. The van der Waals surface area contributed by atoms with Crippen molar-refractivity contribution in [2.24, 2.45) is 11.3 Å². The van der Waals surface area contributed by atoms with Crippen LogP contribution in [0.15, 0.2) is 28.8 Å². The molecule has 1 amide bonds. The summed E-state index contributed by atoms with van der Waals surface area (Å²) in [5.74, 6) is 1.47. The Bertz CT molecular complexity index is 878. The molecule has 2 aromatic rings. The van der Waals surface area contributed by atoms with Gasteiger partial charge in [-0.1, -0.05) is 55.7 Å². The monoisotopic (exact) mass is 415 g/mol. The van der Waals surface area contributed by atoms with E-state index in [-0.39, 0.29) is 11.3 Å². The van der Waals surface area contributed by atoms with E-state index in [1.807, 2.05) is 23.1 Å². The topological polar surface area (TPSA) is 49.6 Å². The second-order valence-electron chi connectivity index (χ2n) is 9.40. The summed E-state index contributed by atoms with van der Waals surface area (Å²) in [6.07, 6.45) is 2.86. The second-order valence-corrected chi connectivity index (χ2v) is 9.81. The van der Waals surface area contributed by atoms with Crippen molar-refractivity contribution in [1.29, 1.82) is 0 Å². The van der Waals surface area contributed by atoms with Gasteiger partial charge >= 0.3 is 0 Å². The average molecular weight is 416 g/mol. The molecular weight excluding hydrogens is 386 g/mol. The molecule has 156 valence electrons. The zero-order chi connectivity index (χ0) is 20.6. The third-order valence-corrected chi connectivity index (χ3v) is 6.85. The molecule has 1 fully saturated rings. The number of carbonyl (C=O) groups is 1. The van der Waals surface area contributed by atoms with Gasteiger partial charge in [0.15, 0.2) is 5.69 Å². The molecule has 1 aromatic carbocycles. The largest absolute Gasteiger partial charge is 0.360 e. The Hall–Kier alpha value is -1.85. The number of halogens is 1. The van der Waals surface area contributed by atoms with Gasteiger partial charge in [0.2, 0.25) is 0 Å². The fraction of sp³-hybridized carbons (Fsp3) is 0.565. The summed E-state index contributed by atoms with van der Waals surface area (Å²) >= 11 is 6.29. The van der Waals surface area contributed by atoms with Crippen LogP contribution >= 0.6 is 11.6 Å². The molecule has 2 heterocycles. The normalized spacial score (nSPS) is 20.6. The van der Waals surface area contributed by atoms with Gasteiger partial charge in [-0.25, -0.2) is 0 Å². The maximum atomic E-state index is 13.2. The smallest absolute Gasteiger partial charge is 0.276 e. The Morgan fingerprint density at radius 2 is 1.93 bits per heavy atom. The number of fused-ring (bicyclic) bond motifs is 1. The molecule has 4 rings (SSSR count). The Kier molecular flexibility index (Phi) is 5.71. The number of aryl methyl sites for hydroxylation is 1. The van der Waals surface area contributed by atoms with E-state index < -0.39 is 0 Å². The van der Waals surface area contributed by atoms with Gasteiger partial charge in [-0.15, -0.1) is 0 Å². The summed E-state index contributed by atoms with van der Waals surface area (Å²) in [5, 5.41) is 4.99. The maximum Gasteiger partial charge on any atom is 0.276 e. The molecule has 0 N–H and O–H groups in total. The molecule has 0 bridgehead atoms. The number of hydrogen-bond acceptors (Lipinski definition) is 4. The van der Waals surface area contributed by atoms with Gasteiger partial charge in [0.05, 0.1) is 0 Å². The minimum absolute atomic E-state index is 0.0157. The lowest BCUT2D eigenvalue weighted by molar-refractivity contribution is 0.0617. The quantitative estimate of drug-likeness (QED) is 0.743. The third kappa shape index (κ3) is 4.36. The lowest BCUT2D eigenvalue weighted by Gasteiger charge is -2.35. The molecule has 1 atom stereocenters. The summed E-state index contributed by atoms with van der Waals surface area (Å²) in [6, 6.07) is 7.95. The minimum Gasteiger partial charge on any atom is -0.360 e. The van der Waals surface area contributed by atoms with E-state index in [2.05, 4.69) is 36.9 Å². The SMILES string of the molecule is CC(C)(C)C1CCc2onc(C(=O)N3CCN(Cc4ccccc4Cl)CC3)c2C1. The minimum atomic E-state index is 0.0157. The van der Waals surface area contributed by atoms with Crippen LogP contribution in [0.2, 0.25) is 5.02 Å². The van der Waals surface area contributed by atoms with Crippen molar-refractivity contribution in [1.82, 2.24) is 15.0 Å². The lowest BCUT2D eigenvalue weighted by Crippen LogP contribution is -2.48. The van der Waals surface area contributed by atoms with E-state index in [4.69, 9.17) is 16.1 Å². The first-order chi connectivity index (χ1) is 13.8. The number of aromatic nitrogens is 1. The highest BCUT2D eigenvalue weighted by Gasteiger charge is 2.35. The van der Waals surface area contributed by atoms with Crippen LogP contribution in [0, 0.1) is 11.3 Å². The predicted molar refractivity (Wildman–Crippen MR) is 114 cm³/mol. The van der Waals surface area contributed by atoms with Crippen molar-refractivity contribution in [2.75, 3.05) is 26.2 Å². The molecule has 1 aliphatic heterocycles. The van der Waals surface area contributed by atoms with Crippen molar-refractivity contribution in [3.05, 3.63) is 51.9 Å². The van der Waals surface area contributed by atoms with Crippen molar-refractivity contribution in [3.63, 3.8) is 0 Å². The van der Waals surface area contributed by atoms with Crippen molar-refractivity contribution >= 4 is 17.5 Å². The van der Waals surface area contributed by atoms with Crippen molar-refractivity contribution < 1.29 is 9.32 Å². The summed E-state index contributed by atoms with van der Waals surface area (Å²) in [6.45, 7) is 10.7. The molecule has 1 aromatic heterocycles. The molecule has 1 saturated heterocycles. The molecule has 29 heavy (non-hydrogen) atoms. The number of nitrogens with zero attached hydrogens (tertiary/aromatic N) is 3. The van der Waals surface area contributed by atoms with E-state index in [9.17, 15) is 4.79 Å². The van der Waals surface area contributed by atoms with Crippen LogP contribution in [-0.2, 0) is 19.4 Å². The van der Waals surface area contributed by atoms with Crippen LogP contribution in [0.4, 0.5) is 0 Å². The first kappa shape index (κ1) is 20.4. The second kappa shape index (κ2) is 8.11. The summed E-state index contributed by atoms with van der Waals surface area (Å²) in [7, 11) is 0. The van der Waals surface area contributed by atoms with Crippen LogP contribution < -0.4 is 0 Å². The van der Waals surface area contributed by atoms with Crippen molar-refractivity contribution in [2.45, 2.75) is 46.6 Å². The predicted octanol–water partition coefficient (Wildman–Crippen LogP) is 4.44. The Balaban J connectivity index is 1.40. The van der Waals surface area contributed by atoms with Gasteiger partial charge < -0.3 is 9.42 Å². The lowest BCUT2D eigenvalue weighted by atomic mass is 9.71. The number of benzene rings is 1. The maximum absolute atomic E-state index is 13.2. The van der Waals surface area contributed by atoms with Crippen LogP contribution in [0.5, 0.6) is 0 Å². The zero-order valence-electron chi connectivity index (χ0n) is 17.6. The number of piperazine rings is 1. The Morgan fingerprint density at radius 3 is 2.62 bits per heavy atom. The van der Waals surface area contributed by atoms with E-state index in [0.29, 0.717) is 24.7 Å². The van der Waals surface area contributed by atoms with Crippen LogP contribution in [0.25, 0.3) is 0 Å². The number of hydrogen-bond donors (Lipinski definition) is 0. The van der Waals surface area contributed by atoms with Crippen molar-refractivity contribution in [3.8, 4) is 0 Å². The fourth-order valence-corrected chi connectivity index (χ4v) is 4.63. The van der Waals surface area contributed by atoms with E-state index in [1.165, 1.54) is 0 Å². The number of rotatable bonds is 3. The van der Waals surface area contributed by atoms with Crippen LogP contribution in [0.3, 0.4) is 0 Å². The summed E-state index contributed by atoms with van der Waals surface area (Å²) < 4.78 is 5.55. The Morgan fingerprint density at radius 1 is 1.21 bits per heavy atom. The van der Waals surface area contributed by atoms with Gasteiger partial charge in [-0.3, -0.25) is 9.69 Å². The Labute approximate surface area is 178 Å². The molecule has 1 unspecified atom stereocenters. The average Bonchev–Trinajstić information content (AvgIpc) is 3.12. The van der Waals surface area contributed by atoms with Gasteiger partial charge in [-0.05, 0) is 35.8 Å². The van der Waals surface area contributed by atoms with Crippen LogP contribution in [0.1, 0.15) is 54.6 Å². The molecule has 5 nitrogen and oxygen atoms in total. The highest BCUT2D eigenvalue weighted by atomic mass is 35.5. The van der Waals surface area contributed by atoms with Gasteiger partial charge in [0, 0.05) is 49.7 Å². The highest BCUT2D eigenvalue weighted by Crippen LogP contribution is 2.38. The van der Waals surface area contributed by atoms with Gasteiger partial charge in [0.1, 0.15) is 5.76 Å². The molecule has 1 aliphatic carbocycles. The number of carbonyl (C=O) groups excluding carboxylic acids is 1. The highest BCUT2D eigenvalue weighted by molar-refractivity contribution is 6.31. The zero-order valence-corrected chi connectivity index (χ0v) is 18.3. The van der Waals surface area contributed by atoms with Gasteiger partial charge in [0.25, 0.3) is 5.91 Å².